The van der Waals surface area contributed by atoms with Gasteiger partial charge in [-0.2, -0.15) is 5.10 Å². The van der Waals surface area contributed by atoms with Crippen LogP contribution in [0.3, 0.4) is 0 Å². The number of aryl methyl sites for hydroxylation is 1. The van der Waals surface area contributed by atoms with E-state index in [1.54, 1.807) is 28.9 Å². The molecule has 1 aromatic rings. The molecule has 6 nitrogen and oxygen atoms in total. The molecule has 3 heterocycles. The van der Waals surface area contributed by atoms with Crippen LogP contribution in [0.2, 0.25) is 0 Å². The summed E-state index contributed by atoms with van der Waals surface area (Å²) in [5.41, 5.74) is 0.583. The molecule has 19 heavy (non-hydrogen) atoms. The normalized spacial score (nSPS) is 26.1. The lowest BCUT2D eigenvalue weighted by atomic mass is 10.0. The van der Waals surface area contributed by atoms with Crippen molar-refractivity contribution in [3.8, 4) is 0 Å². The monoisotopic (exact) mass is 262 g/mol. The van der Waals surface area contributed by atoms with Crippen LogP contribution >= 0.6 is 0 Å². The summed E-state index contributed by atoms with van der Waals surface area (Å²) < 4.78 is 1.58. The third-order valence-corrected chi connectivity index (χ3v) is 4.23. The van der Waals surface area contributed by atoms with Crippen molar-refractivity contribution < 1.29 is 9.59 Å². The second kappa shape index (κ2) is 4.36. The lowest BCUT2D eigenvalue weighted by Gasteiger charge is -2.20. The Labute approximate surface area is 112 Å². The van der Waals surface area contributed by atoms with Crippen LogP contribution in [0, 0.1) is 11.8 Å². The minimum absolute atomic E-state index is 0.00266. The summed E-state index contributed by atoms with van der Waals surface area (Å²) in [6.07, 6.45) is 1.62. The van der Waals surface area contributed by atoms with Crippen molar-refractivity contribution in [2.45, 2.75) is 6.92 Å². The van der Waals surface area contributed by atoms with Crippen LogP contribution in [0.5, 0.6) is 0 Å². The number of amides is 2. The maximum Gasteiger partial charge on any atom is 0.272 e. The first-order valence-electron chi connectivity index (χ1n) is 6.68. The van der Waals surface area contributed by atoms with Crippen LogP contribution in [0.15, 0.2) is 12.3 Å². The molecule has 2 saturated heterocycles. The maximum absolute atomic E-state index is 12.4. The zero-order chi connectivity index (χ0) is 13.6. The Kier molecular flexibility index (Phi) is 2.80. The lowest BCUT2D eigenvalue weighted by Crippen LogP contribution is -2.36. The smallest absolute Gasteiger partial charge is 0.272 e. The van der Waals surface area contributed by atoms with Gasteiger partial charge in [-0.3, -0.25) is 14.3 Å². The number of carbonyl (C=O) groups excluding carboxylic acids is 2. The van der Waals surface area contributed by atoms with E-state index in [2.05, 4.69) is 5.10 Å². The van der Waals surface area contributed by atoms with Gasteiger partial charge in [0.05, 0.1) is 5.92 Å². The van der Waals surface area contributed by atoms with E-state index in [9.17, 15) is 9.59 Å². The van der Waals surface area contributed by atoms with Gasteiger partial charge in [-0.05, 0) is 13.0 Å². The van der Waals surface area contributed by atoms with E-state index < -0.39 is 0 Å². The van der Waals surface area contributed by atoms with Crippen LogP contribution in [-0.2, 0) is 11.8 Å². The lowest BCUT2D eigenvalue weighted by molar-refractivity contribution is -0.130. The van der Waals surface area contributed by atoms with E-state index in [0.29, 0.717) is 24.7 Å². The molecule has 2 aliphatic rings. The summed E-state index contributed by atoms with van der Waals surface area (Å²) in [6, 6.07) is 1.72. The number of aromatic nitrogens is 2. The third kappa shape index (κ3) is 1.82. The van der Waals surface area contributed by atoms with Gasteiger partial charge in [0.15, 0.2) is 0 Å². The van der Waals surface area contributed by atoms with Gasteiger partial charge < -0.3 is 9.80 Å². The molecule has 1 aromatic heterocycles. The molecular weight excluding hydrogens is 244 g/mol. The summed E-state index contributed by atoms with van der Waals surface area (Å²) in [5.74, 6) is 0.472. The Bertz CT molecular complexity index is 524. The molecule has 102 valence electrons. The zero-order valence-corrected chi connectivity index (χ0v) is 11.2. The van der Waals surface area contributed by atoms with Crippen LogP contribution in [0.1, 0.15) is 17.4 Å². The van der Waals surface area contributed by atoms with Gasteiger partial charge >= 0.3 is 0 Å². The first-order valence-corrected chi connectivity index (χ1v) is 6.68. The van der Waals surface area contributed by atoms with Gasteiger partial charge in [-0.15, -0.1) is 0 Å². The second-order valence-corrected chi connectivity index (χ2v) is 5.29. The van der Waals surface area contributed by atoms with E-state index >= 15 is 0 Å². The summed E-state index contributed by atoms with van der Waals surface area (Å²) in [7, 11) is 1.76. The number of rotatable bonds is 2. The quantitative estimate of drug-likeness (QED) is 0.752. The molecule has 2 aliphatic heterocycles. The summed E-state index contributed by atoms with van der Waals surface area (Å²) in [4.78, 5) is 28.1. The predicted molar refractivity (Wildman–Crippen MR) is 68.3 cm³/mol. The molecule has 0 spiro atoms. The van der Waals surface area contributed by atoms with Crippen molar-refractivity contribution in [2.24, 2.45) is 18.9 Å². The number of likely N-dealkylation sites (tertiary alicyclic amines) is 2. The molecule has 0 aromatic carbocycles. The highest BCUT2D eigenvalue weighted by Gasteiger charge is 2.47. The molecule has 3 rings (SSSR count). The van der Waals surface area contributed by atoms with Crippen LogP contribution in [0.4, 0.5) is 0 Å². The van der Waals surface area contributed by atoms with Crippen LogP contribution in [0.25, 0.3) is 0 Å². The highest BCUT2D eigenvalue weighted by molar-refractivity contribution is 5.93. The van der Waals surface area contributed by atoms with Gasteiger partial charge in [0, 0.05) is 45.3 Å². The highest BCUT2D eigenvalue weighted by Crippen LogP contribution is 2.32. The van der Waals surface area contributed by atoms with Gasteiger partial charge in [0.1, 0.15) is 5.69 Å². The number of hydrogen-bond acceptors (Lipinski definition) is 3. The van der Waals surface area contributed by atoms with Gasteiger partial charge in [0.25, 0.3) is 5.91 Å². The van der Waals surface area contributed by atoms with Crippen molar-refractivity contribution in [1.82, 2.24) is 19.6 Å². The standard InChI is InChI=1S/C13H18N4O2/c1-3-16-6-9-7-17(8-10(9)12(16)18)13(19)11-4-5-14-15(11)2/h4-5,9-10H,3,6-8H2,1-2H3/t9-,10-/m1/s1. The largest absolute Gasteiger partial charge is 0.342 e. The fraction of sp³-hybridized carbons (Fsp3) is 0.615. The Hall–Kier alpha value is -1.85. The molecule has 2 atom stereocenters. The molecule has 0 radical (unpaired) electrons. The molecule has 0 saturated carbocycles. The van der Waals surface area contributed by atoms with Crippen molar-refractivity contribution in [2.75, 3.05) is 26.2 Å². The fourth-order valence-electron chi connectivity index (χ4n) is 3.14. The minimum atomic E-state index is -0.0229. The number of hydrogen-bond donors (Lipinski definition) is 0. The topological polar surface area (TPSA) is 58.4 Å². The molecule has 0 aliphatic carbocycles. The van der Waals surface area contributed by atoms with Crippen molar-refractivity contribution in [1.29, 1.82) is 0 Å². The van der Waals surface area contributed by atoms with E-state index in [4.69, 9.17) is 0 Å². The highest BCUT2D eigenvalue weighted by atomic mass is 16.2. The Balaban J connectivity index is 1.73. The molecule has 0 N–H and O–H groups in total. The average Bonchev–Trinajstić information content (AvgIpc) is 3.05. The molecule has 0 bridgehead atoms. The third-order valence-electron chi connectivity index (χ3n) is 4.23. The first-order chi connectivity index (χ1) is 9.11. The predicted octanol–water partition coefficient (Wildman–Crippen LogP) is -0.0296. The van der Waals surface area contributed by atoms with E-state index in [1.807, 2.05) is 11.8 Å². The maximum atomic E-state index is 12.4. The summed E-state index contributed by atoms with van der Waals surface area (Å²) in [5, 5.41) is 4.02. The van der Waals surface area contributed by atoms with E-state index in [-0.39, 0.29) is 17.7 Å². The average molecular weight is 262 g/mol. The molecule has 2 fully saturated rings. The second-order valence-electron chi connectivity index (χ2n) is 5.29. The Morgan fingerprint density at radius 3 is 2.79 bits per heavy atom. The molecule has 0 unspecified atom stereocenters. The number of carbonyl (C=O) groups is 2. The summed E-state index contributed by atoms with van der Waals surface area (Å²) >= 11 is 0. The summed E-state index contributed by atoms with van der Waals surface area (Å²) in [6.45, 7) is 4.77. The minimum Gasteiger partial charge on any atom is -0.342 e. The van der Waals surface area contributed by atoms with Gasteiger partial charge in [-0.1, -0.05) is 0 Å². The van der Waals surface area contributed by atoms with Gasteiger partial charge in [0.2, 0.25) is 5.91 Å². The zero-order valence-electron chi connectivity index (χ0n) is 11.2. The van der Waals surface area contributed by atoms with Gasteiger partial charge in [-0.25, -0.2) is 0 Å². The van der Waals surface area contributed by atoms with E-state index in [0.717, 1.165) is 13.1 Å². The number of fused-ring (bicyclic) bond motifs is 1. The van der Waals surface area contributed by atoms with Crippen LogP contribution < -0.4 is 0 Å². The SMILES string of the molecule is CCN1C[C@@H]2CN(C(=O)c3ccnn3C)C[C@H]2C1=O. The fourth-order valence-corrected chi connectivity index (χ4v) is 3.14. The first kappa shape index (κ1) is 12.2. The Morgan fingerprint density at radius 1 is 1.42 bits per heavy atom. The van der Waals surface area contributed by atoms with Crippen LogP contribution in [-0.4, -0.2) is 57.6 Å². The Morgan fingerprint density at radius 2 is 2.21 bits per heavy atom. The molecular formula is C13H18N4O2. The van der Waals surface area contributed by atoms with Crippen molar-refractivity contribution >= 4 is 11.8 Å². The van der Waals surface area contributed by atoms with E-state index in [1.165, 1.54) is 0 Å². The van der Waals surface area contributed by atoms with Crippen molar-refractivity contribution in [3.05, 3.63) is 18.0 Å². The molecule has 6 heteroatoms. The number of nitrogens with zero attached hydrogens (tertiary/aromatic N) is 4. The van der Waals surface area contributed by atoms with Crippen molar-refractivity contribution in [3.63, 3.8) is 0 Å². The molecule has 2 amide bonds.